The van der Waals surface area contributed by atoms with Crippen molar-refractivity contribution in [3.8, 4) is 33.6 Å². The predicted molar refractivity (Wildman–Crippen MR) is 291 cm³/mol. The minimum absolute atomic E-state index is 0.955. The predicted octanol–water partition coefficient (Wildman–Crippen LogP) is 17.9. The van der Waals surface area contributed by atoms with Crippen LogP contribution in [0.1, 0.15) is 16.7 Å². The van der Waals surface area contributed by atoms with E-state index in [2.05, 4.69) is 226 Å². The summed E-state index contributed by atoms with van der Waals surface area (Å²) < 4.78 is 0. The Morgan fingerprint density at radius 2 is 0.941 bits per heavy atom. The number of nitrogens with zero attached hydrogens (tertiary/aromatic N) is 2. The van der Waals surface area contributed by atoms with Gasteiger partial charge in [-0.1, -0.05) is 201 Å². The highest BCUT2D eigenvalue weighted by Gasteiger charge is 2.18. The summed E-state index contributed by atoms with van der Waals surface area (Å²) in [4.78, 5) is 10.7. The van der Waals surface area contributed by atoms with Gasteiger partial charge in [0.15, 0.2) is 0 Å². The lowest BCUT2D eigenvalue weighted by molar-refractivity contribution is 1.35. The molecule has 0 fully saturated rings. The molecule has 2 heterocycles. The van der Waals surface area contributed by atoms with Gasteiger partial charge in [-0.15, -0.1) is 5.73 Å². The van der Waals surface area contributed by atoms with Gasteiger partial charge < -0.3 is 0 Å². The molecule has 68 heavy (non-hydrogen) atoms. The third kappa shape index (κ3) is 6.35. The van der Waals surface area contributed by atoms with Gasteiger partial charge in [-0.3, -0.25) is 0 Å². The lowest BCUT2D eigenvalue weighted by atomic mass is 9.89. The maximum absolute atomic E-state index is 5.40. The van der Waals surface area contributed by atoms with E-state index in [-0.39, 0.29) is 0 Å². The number of aryl methyl sites for hydroxylation is 1. The van der Waals surface area contributed by atoms with Crippen molar-refractivity contribution in [3.63, 3.8) is 0 Å². The molecule has 0 N–H and O–H groups in total. The van der Waals surface area contributed by atoms with Crippen LogP contribution >= 0.6 is 0 Å². The first-order chi connectivity index (χ1) is 33.6. The second-order valence-corrected chi connectivity index (χ2v) is 17.8. The van der Waals surface area contributed by atoms with Gasteiger partial charge in [-0.25, -0.2) is 9.97 Å². The van der Waals surface area contributed by atoms with E-state index in [1.165, 1.54) is 81.1 Å². The highest BCUT2D eigenvalue weighted by molar-refractivity contribution is 6.33. The third-order valence-corrected chi connectivity index (χ3v) is 14.1. The van der Waals surface area contributed by atoms with Crippen LogP contribution in [0.2, 0.25) is 0 Å². The van der Waals surface area contributed by atoms with E-state index >= 15 is 0 Å². The molecule has 0 unspecified atom stereocenters. The van der Waals surface area contributed by atoms with Crippen LogP contribution in [-0.2, 0) is 0 Å². The molecule has 0 saturated carbocycles. The smallest absolute Gasteiger partial charge is 0.0794 e. The average molecular weight is 863 g/mol. The van der Waals surface area contributed by atoms with Gasteiger partial charge in [0.1, 0.15) is 0 Å². The Bertz CT molecular complexity index is 4290. The summed E-state index contributed by atoms with van der Waals surface area (Å²) in [6.45, 7) is 6.11. The fraction of sp³-hybridized carbons (Fsp3) is 0.0152. The number of benzene rings is 11. The SMILES string of the molecule is C=C=C(/C=C\c1ccc2ccc(-c3ccc4c5ccc(-c6ccc(-c7nc8ccccc8c8c9ccccc9c9ccccc9c78)cc6)cc5c5ccccc5c4c3)nc2c1C)c1ccccc1. The summed E-state index contributed by atoms with van der Waals surface area (Å²) in [7, 11) is 0. The maximum atomic E-state index is 5.40. The molecule has 2 heteroatoms. The molecule has 316 valence electrons. The zero-order valence-corrected chi connectivity index (χ0v) is 37.5. The van der Waals surface area contributed by atoms with E-state index in [1.54, 1.807) is 0 Å². The number of para-hydroxylation sites is 1. The van der Waals surface area contributed by atoms with E-state index in [4.69, 9.17) is 9.97 Å². The van der Waals surface area contributed by atoms with Crippen molar-refractivity contribution in [2.45, 2.75) is 6.92 Å². The molecule has 11 aromatic carbocycles. The van der Waals surface area contributed by atoms with Gasteiger partial charge in [0, 0.05) is 38.2 Å². The van der Waals surface area contributed by atoms with Crippen LogP contribution in [0.5, 0.6) is 0 Å². The van der Waals surface area contributed by atoms with Crippen LogP contribution in [0.3, 0.4) is 0 Å². The van der Waals surface area contributed by atoms with Crippen LogP contribution in [0, 0.1) is 6.92 Å². The van der Waals surface area contributed by atoms with Crippen molar-refractivity contribution in [2.75, 3.05) is 0 Å². The van der Waals surface area contributed by atoms with Crippen molar-refractivity contribution < 1.29 is 0 Å². The quantitative estimate of drug-likeness (QED) is 0.0945. The Kier molecular flexibility index (Phi) is 9.22. The highest BCUT2D eigenvalue weighted by Crippen LogP contribution is 2.44. The number of hydrogen-bond acceptors (Lipinski definition) is 2. The van der Waals surface area contributed by atoms with Crippen LogP contribution in [0.4, 0.5) is 0 Å². The number of fused-ring (bicyclic) bond motifs is 15. The van der Waals surface area contributed by atoms with Gasteiger partial charge in [0.25, 0.3) is 0 Å². The van der Waals surface area contributed by atoms with Gasteiger partial charge in [0.05, 0.1) is 22.4 Å². The van der Waals surface area contributed by atoms with Crippen molar-refractivity contribution >= 4 is 98.1 Å². The molecular formula is C66H42N2. The van der Waals surface area contributed by atoms with Crippen LogP contribution in [-0.4, -0.2) is 9.97 Å². The second-order valence-electron chi connectivity index (χ2n) is 17.8. The number of rotatable bonds is 6. The lowest BCUT2D eigenvalue weighted by Crippen LogP contribution is -1.93. The topological polar surface area (TPSA) is 25.8 Å². The first-order valence-electron chi connectivity index (χ1n) is 23.2. The molecule has 0 atom stereocenters. The monoisotopic (exact) mass is 862 g/mol. The van der Waals surface area contributed by atoms with Crippen LogP contribution in [0.25, 0.3) is 132 Å². The Hall–Kier alpha value is -8.94. The molecule has 0 radical (unpaired) electrons. The van der Waals surface area contributed by atoms with Crippen molar-refractivity contribution in [2.24, 2.45) is 0 Å². The molecule has 13 rings (SSSR count). The highest BCUT2D eigenvalue weighted by atomic mass is 14.7. The minimum Gasteiger partial charge on any atom is -0.247 e. The van der Waals surface area contributed by atoms with E-state index in [0.29, 0.717) is 0 Å². The van der Waals surface area contributed by atoms with Gasteiger partial charge >= 0.3 is 0 Å². The molecule has 2 aromatic heterocycles. The number of pyridine rings is 2. The molecule has 0 saturated heterocycles. The third-order valence-electron chi connectivity index (χ3n) is 14.1. The average Bonchev–Trinajstić information content (AvgIpc) is 3.41. The van der Waals surface area contributed by atoms with Gasteiger partial charge in [0.2, 0.25) is 0 Å². The number of allylic oxidation sites excluding steroid dienone is 2. The Morgan fingerprint density at radius 1 is 0.426 bits per heavy atom. The largest absolute Gasteiger partial charge is 0.247 e. The molecule has 0 aliphatic rings. The number of hydrogen-bond donors (Lipinski definition) is 0. The van der Waals surface area contributed by atoms with Crippen LogP contribution in [0.15, 0.2) is 231 Å². The van der Waals surface area contributed by atoms with E-state index in [9.17, 15) is 0 Å². The van der Waals surface area contributed by atoms with E-state index in [1.807, 2.05) is 18.2 Å². The minimum atomic E-state index is 0.955. The van der Waals surface area contributed by atoms with E-state index in [0.717, 1.165) is 61.2 Å². The summed E-state index contributed by atoms with van der Waals surface area (Å²) in [6, 6.07) is 76.7. The summed E-state index contributed by atoms with van der Waals surface area (Å²) >= 11 is 0. The standard InChI is InChI=1S/C66H42N2/c1-3-42(44-15-5-4-6-16-44)25-26-43-27-30-46-35-38-61(67-65(46)41(43)2)49-34-37-55-54-36-33-48(39-59(54)52-19-7-8-20-53(52)60(55)40-49)45-28-31-47(32-29-45)66-64-57-22-12-10-18-51(57)50-17-9-11-21-56(50)63(64)58-23-13-14-24-62(58)68-66/h4-40H,1H2,2H3/b26-25-. The Balaban J connectivity index is 0.889. The first kappa shape index (κ1) is 39.4. The molecule has 13 aromatic rings. The summed E-state index contributed by atoms with van der Waals surface area (Å²) in [5, 5.41) is 17.1. The lowest BCUT2D eigenvalue weighted by Gasteiger charge is -2.16. The summed E-state index contributed by atoms with van der Waals surface area (Å²) in [5.74, 6) is 0. The maximum Gasteiger partial charge on any atom is 0.0794 e. The normalized spacial score (nSPS) is 11.8. The fourth-order valence-corrected chi connectivity index (χ4v) is 10.7. The molecule has 0 bridgehead atoms. The zero-order chi connectivity index (χ0) is 45.3. The first-order valence-corrected chi connectivity index (χ1v) is 23.2. The molecular weight excluding hydrogens is 821 g/mol. The van der Waals surface area contributed by atoms with Crippen molar-refractivity contribution in [1.29, 1.82) is 0 Å². The van der Waals surface area contributed by atoms with E-state index < -0.39 is 0 Å². The zero-order valence-electron chi connectivity index (χ0n) is 37.5. The number of aromatic nitrogens is 2. The second kappa shape index (κ2) is 15.9. The molecule has 0 aliphatic carbocycles. The molecule has 0 spiro atoms. The fourth-order valence-electron chi connectivity index (χ4n) is 10.7. The molecule has 2 nitrogen and oxygen atoms in total. The van der Waals surface area contributed by atoms with Gasteiger partial charge in [-0.2, -0.15) is 0 Å². The van der Waals surface area contributed by atoms with Crippen molar-refractivity contribution in [3.05, 3.63) is 247 Å². The Morgan fingerprint density at radius 3 is 1.62 bits per heavy atom. The molecule has 0 aliphatic heterocycles. The Labute approximate surface area is 394 Å². The van der Waals surface area contributed by atoms with Crippen molar-refractivity contribution in [1.82, 2.24) is 9.97 Å². The summed E-state index contributed by atoms with van der Waals surface area (Å²) in [5.41, 5.74) is 15.9. The van der Waals surface area contributed by atoms with Crippen LogP contribution < -0.4 is 0 Å². The molecule has 0 amide bonds. The summed E-state index contributed by atoms with van der Waals surface area (Å²) in [6.07, 6.45) is 4.23. The van der Waals surface area contributed by atoms with Gasteiger partial charge in [-0.05, 0) is 119 Å².